The lowest BCUT2D eigenvalue weighted by Crippen LogP contribution is -2.10. The Morgan fingerprint density at radius 2 is 0.957 bits per heavy atom. The van der Waals surface area contributed by atoms with Crippen LogP contribution in [0.5, 0.6) is 0 Å². The van der Waals surface area contributed by atoms with Crippen molar-refractivity contribution in [2.24, 2.45) is 48.5 Å². The molecule has 0 bridgehead atoms. The van der Waals surface area contributed by atoms with Crippen LogP contribution in [0, 0.1) is 76.0 Å². The van der Waals surface area contributed by atoms with E-state index >= 15 is 0 Å². The third kappa shape index (κ3) is 36.6. The summed E-state index contributed by atoms with van der Waals surface area (Å²) in [6.07, 6.45) is 35.4. The number of para-hydroxylation sites is 2. The van der Waals surface area contributed by atoms with E-state index in [-0.39, 0.29) is 6.29 Å². The Hall–Kier alpha value is -6.99. The largest absolute Gasteiger partial charge is 0.441 e. The number of nitrogens with zero attached hydrogens (tertiary/aromatic N) is 9. The molecule has 4 aromatic carbocycles. The summed E-state index contributed by atoms with van der Waals surface area (Å²) in [4.78, 5) is 18.2. The topological polar surface area (TPSA) is 130 Å². The maximum Gasteiger partial charge on any atom is 0.192 e. The van der Waals surface area contributed by atoms with E-state index in [0.29, 0.717) is 0 Å². The molecule has 7 fully saturated rings. The first-order valence-electron chi connectivity index (χ1n) is 35.6. The number of pyridine rings is 1. The van der Waals surface area contributed by atoms with Crippen LogP contribution < -0.4 is 0 Å². The molecule has 510 valence electrons. The first-order chi connectivity index (χ1) is 45.5. The summed E-state index contributed by atoms with van der Waals surface area (Å²) in [6, 6.07) is 46.3. The number of benzene rings is 4. The predicted octanol–water partition coefficient (Wildman–Crippen LogP) is 20.4. The minimum absolute atomic E-state index is 0.0463. The molecule has 5 saturated carbocycles. The maximum absolute atomic E-state index is 5.26. The van der Waals surface area contributed by atoms with Gasteiger partial charge in [0, 0.05) is 56.0 Å². The van der Waals surface area contributed by atoms with Crippen LogP contribution in [0.4, 0.5) is 0 Å². The minimum atomic E-state index is 0.0463. The third-order valence-corrected chi connectivity index (χ3v) is 17.3. The van der Waals surface area contributed by atoms with Crippen LogP contribution >= 0.6 is 0 Å². The quantitative estimate of drug-likeness (QED) is 0.144. The summed E-state index contributed by atoms with van der Waals surface area (Å²) in [6.45, 7) is 27.4. The fourth-order valence-corrected chi connectivity index (χ4v) is 11.6. The fourth-order valence-electron chi connectivity index (χ4n) is 11.6. The third-order valence-electron chi connectivity index (χ3n) is 17.3. The van der Waals surface area contributed by atoms with Crippen molar-refractivity contribution in [3.05, 3.63) is 210 Å². The molecule has 12 heteroatoms. The first-order valence-corrected chi connectivity index (χ1v) is 35.6. The second-order valence-corrected chi connectivity index (χ2v) is 27.1. The number of ether oxygens (including phenoxy) is 2. The summed E-state index contributed by atoms with van der Waals surface area (Å²) in [5, 5.41) is 12.8. The van der Waals surface area contributed by atoms with E-state index < -0.39 is 0 Å². The van der Waals surface area contributed by atoms with Gasteiger partial charge in [0.2, 0.25) is 0 Å². The van der Waals surface area contributed by atoms with Crippen molar-refractivity contribution in [2.45, 2.75) is 198 Å². The number of rotatable bonds is 0. The Balaban J connectivity index is 0.000000186. The summed E-state index contributed by atoms with van der Waals surface area (Å²) in [5.74, 6) is 9.04. The van der Waals surface area contributed by atoms with Crippen molar-refractivity contribution in [2.75, 3.05) is 33.4 Å². The molecule has 0 radical (unpaired) electrons. The van der Waals surface area contributed by atoms with Crippen molar-refractivity contribution in [3.8, 4) is 0 Å². The second-order valence-electron chi connectivity index (χ2n) is 27.1. The van der Waals surface area contributed by atoms with Crippen LogP contribution in [-0.4, -0.2) is 84.5 Å². The van der Waals surface area contributed by atoms with Crippen LogP contribution in [0.3, 0.4) is 0 Å². The second kappa shape index (κ2) is 46.2. The monoisotopic (exact) mass is 1280 g/mol. The molecule has 0 N–H and O–H groups in total. The number of fused-ring (bicyclic) bond motifs is 4. The van der Waals surface area contributed by atoms with E-state index in [2.05, 4.69) is 131 Å². The van der Waals surface area contributed by atoms with E-state index in [0.717, 1.165) is 82.5 Å². The highest BCUT2D eigenvalue weighted by atomic mass is 16.7. The molecule has 2 saturated heterocycles. The molecule has 94 heavy (non-hydrogen) atoms. The fraction of sp³-hybridized carbons (Fsp3) is 0.524. The summed E-state index contributed by atoms with van der Waals surface area (Å²) in [5.41, 5.74) is 9.34. The van der Waals surface area contributed by atoms with Gasteiger partial charge in [-0.2, -0.15) is 15.3 Å². The van der Waals surface area contributed by atoms with Gasteiger partial charge >= 0.3 is 0 Å². The number of hydrogen-bond donors (Lipinski definition) is 0. The molecule has 2 aliphatic heterocycles. The minimum Gasteiger partial charge on any atom is -0.441 e. The van der Waals surface area contributed by atoms with Crippen LogP contribution in [0.1, 0.15) is 184 Å². The summed E-state index contributed by atoms with van der Waals surface area (Å²) < 4.78 is 16.9. The van der Waals surface area contributed by atoms with E-state index in [4.69, 9.17) is 13.9 Å². The molecule has 0 amide bonds. The molecule has 6 aliphatic carbocycles. The molecule has 9 aromatic rings. The van der Waals surface area contributed by atoms with Gasteiger partial charge in [0.15, 0.2) is 17.8 Å². The molecular formula is C82H119N9O3. The molecular weight excluding hydrogens is 1160 g/mol. The van der Waals surface area contributed by atoms with Crippen molar-refractivity contribution < 1.29 is 13.9 Å². The Labute approximate surface area is 568 Å². The Morgan fingerprint density at radius 3 is 1.32 bits per heavy atom. The zero-order chi connectivity index (χ0) is 67.6. The average molecular weight is 1280 g/mol. The lowest BCUT2D eigenvalue weighted by Gasteiger charge is -2.15. The summed E-state index contributed by atoms with van der Waals surface area (Å²) in [7, 11) is 4.10. The molecule has 17 rings (SSSR count). The highest BCUT2D eigenvalue weighted by Gasteiger charge is 2.43. The Morgan fingerprint density at radius 1 is 0.436 bits per heavy atom. The number of aryl methyl sites for hydroxylation is 6. The standard InChI is InChI=1S/C10H12.C8H8N2.C8H7NO.C7H12.C7H14.C7H8.C6H7N.C6H12.2C5H6N2.C5H11N.C4H8O2.C4H8/c1-8-6-9-4-2-3-5-10(9)7-8;1-10-6-7-4-2-3-5-8(7)9-10;1-6-9-7-4-2-3-5-8(7)10-6;1-5-2-6-4-7(6)3-5;2*1-7-5-3-2-4-6-7;1-6-4-2-3-5-7-6;1-6-4-2-3-5-6;1-5-6-3-2-4-7-5;1-5-3-2-4-6-7-5;1-6-4-2-3-5-6;1-4-5-2-3-6-4;1-4-2-3-4/h2-5,8H,6-7H2,1H3;2-6H,1H3;2-5H,1H3;5-7H,2-4H2,1H3;7H,2-6H2,1H3;2-6H,1H3;2-5H,1H3;6H,2-5H2,1H3;2*2-4H,1H3;2-5H2,1H3;4H,2-3H2,1H3;4H,2-3H2,1H3. The van der Waals surface area contributed by atoms with Gasteiger partial charge in [-0.15, -0.1) is 0 Å². The zero-order valence-corrected chi connectivity index (χ0v) is 60.1. The Bertz CT molecular complexity index is 2900. The number of aromatic nitrogens is 8. The SMILES string of the molecule is CC1CC1.CC1CC2CC2C1.CC1CCCC1.CC1CCCCC1.CC1Cc2ccccc2C1.CC1OCCO1.CN1CCCC1.Cc1ccccc1.Cc1ccccn1.Cc1cccnn1.Cc1nc2ccccc2o1.Cc1ncccn1.Cn1cc2ccccc2n1. The Kier molecular flexibility index (Phi) is 38.2. The van der Waals surface area contributed by atoms with Gasteiger partial charge in [0.25, 0.3) is 0 Å². The van der Waals surface area contributed by atoms with Gasteiger partial charge in [-0.3, -0.25) is 9.67 Å². The number of hydrogen-bond acceptors (Lipinski definition) is 11. The van der Waals surface area contributed by atoms with Gasteiger partial charge in [0.05, 0.1) is 24.4 Å². The zero-order valence-electron chi connectivity index (χ0n) is 60.1. The van der Waals surface area contributed by atoms with Crippen molar-refractivity contribution in [1.82, 2.24) is 44.8 Å². The van der Waals surface area contributed by atoms with Crippen molar-refractivity contribution in [3.63, 3.8) is 0 Å². The molecule has 2 unspecified atom stereocenters. The van der Waals surface area contributed by atoms with Crippen LogP contribution in [-0.2, 0) is 29.4 Å². The molecule has 0 spiro atoms. The molecule has 7 heterocycles. The maximum atomic E-state index is 5.26. The van der Waals surface area contributed by atoms with Gasteiger partial charge in [-0.25, -0.2) is 15.0 Å². The van der Waals surface area contributed by atoms with Gasteiger partial charge in [-0.1, -0.05) is 202 Å². The van der Waals surface area contributed by atoms with Crippen molar-refractivity contribution in [1.29, 1.82) is 0 Å². The van der Waals surface area contributed by atoms with Gasteiger partial charge in [-0.05, 0) is 201 Å². The normalized spacial score (nSPS) is 18.8. The van der Waals surface area contributed by atoms with E-state index in [1.54, 1.807) is 61.2 Å². The van der Waals surface area contributed by atoms with E-state index in [1.165, 1.54) is 132 Å². The molecule has 2 atom stereocenters. The lowest BCUT2D eigenvalue weighted by atomic mass is 9.91. The van der Waals surface area contributed by atoms with Crippen LogP contribution in [0.25, 0.3) is 22.0 Å². The number of likely N-dealkylation sites (tertiary alicyclic amines) is 1. The van der Waals surface area contributed by atoms with E-state index in [1.807, 2.05) is 144 Å². The highest BCUT2D eigenvalue weighted by molar-refractivity contribution is 5.77. The smallest absolute Gasteiger partial charge is 0.192 e. The molecule has 5 aromatic heterocycles. The van der Waals surface area contributed by atoms with E-state index in [9.17, 15) is 0 Å². The summed E-state index contributed by atoms with van der Waals surface area (Å²) >= 11 is 0. The lowest BCUT2D eigenvalue weighted by molar-refractivity contribution is -0.0254. The average Bonchev–Trinajstić information content (AvgIpc) is 1.67. The van der Waals surface area contributed by atoms with Crippen LogP contribution in [0.2, 0.25) is 0 Å². The molecule has 12 nitrogen and oxygen atoms in total. The van der Waals surface area contributed by atoms with Gasteiger partial charge < -0.3 is 18.8 Å². The molecule has 8 aliphatic rings. The van der Waals surface area contributed by atoms with Gasteiger partial charge in [0.1, 0.15) is 11.3 Å². The predicted molar refractivity (Wildman–Crippen MR) is 393 cm³/mol. The van der Waals surface area contributed by atoms with Crippen molar-refractivity contribution >= 4 is 22.0 Å². The highest BCUT2D eigenvalue weighted by Crippen LogP contribution is 2.54. The number of oxazole rings is 1. The first kappa shape index (κ1) is 77.7. The van der Waals surface area contributed by atoms with Crippen LogP contribution in [0.15, 0.2) is 175 Å².